The molecule has 0 radical (unpaired) electrons. The summed E-state index contributed by atoms with van der Waals surface area (Å²) in [5, 5.41) is 0. The van der Waals surface area contributed by atoms with Crippen LogP contribution in [0.4, 0.5) is 0 Å². The summed E-state index contributed by atoms with van der Waals surface area (Å²) < 4.78 is 5.47. The fourth-order valence-electron chi connectivity index (χ4n) is 2.78. The molecule has 0 amide bonds. The van der Waals surface area contributed by atoms with Crippen molar-refractivity contribution in [3.63, 3.8) is 0 Å². The Morgan fingerprint density at radius 1 is 1.25 bits per heavy atom. The monoisotopic (exact) mass is 317 g/mol. The molecule has 0 aliphatic heterocycles. The van der Waals surface area contributed by atoms with E-state index < -0.39 is 0 Å². The molecule has 0 bridgehead atoms. The third-order valence-electron chi connectivity index (χ3n) is 3.70. The molecule has 2 nitrogen and oxygen atoms in total. The second kappa shape index (κ2) is 7.51. The zero-order valence-electron chi connectivity index (χ0n) is 13.1. The highest BCUT2D eigenvalue weighted by atomic mass is 35.5. The number of ether oxygens (including phenoxy) is 1. The number of aromatic nitrogens is 1. The van der Waals surface area contributed by atoms with Gasteiger partial charge in [0.2, 0.25) is 0 Å². The van der Waals surface area contributed by atoms with Gasteiger partial charge in [-0.05, 0) is 32.6 Å². The maximum atomic E-state index is 6.23. The van der Waals surface area contributed by atoms with E-state index in [0.717, 1.165) is 35.4 Å². The number of alkyl halides is 2. The molecule has 0 unspecified atom stereocenters. The van der Waals surface area contributed by atoms with Gasteiger partial charge in [-0.1, -0.05) is 13.8 Å². The molecule has 0 spiro atoms. The zero-order valence-corrected chi connectivity index (χ0v) is 14.6. The van der Waals surface area contributed by atoms with Gasteiger partial charge in [0, 0.05) is 40.2 Å². The van der Waals surface area contributed by atoms with Crippen LogP contribution in [0.25, 0.3) is 0 Å². The number of nitrogens with zero attached hydrogens (tertiary/aromatic N) is 1. The van der Waals surface area contributed by atoms with E-state index in [0.29, 0.717) is 17.7 Å². The number of hydrogen-bond acceptors (Lipinski definition) is 2. The van der Waals surface area contributed by atoms with Crippen molar-refractivity contribution in [1.29, 1.82) is 0 Å². The molecule has 114 valence electrons. The molecule has 4 heteroatoms. The van der Waals surface area contributed by atoms with Crippen molar-refractivity contribution in [1.82, 2.24) is 4.98 Å². The van der Waals surface area contributed by atoms with E-state index in [2.05, 4.69) is 25.8 Å². The van der Waals surface area contributed by atoms with Crippen molar-refractivity contribution in [2.24, 2.45) is 11.3 Å². The first-order valence-corrected chi connectivity index (χ1v) is 8.07. The molecule has 1 rings (SSSR count). The van der Waals surface area contributed by atoms with E-state index in [1.807, 2.05) is 13.1 Å². The molecule has 1 aromatic rings. The van der Waals surface area contributed by atoms with Gasteiger partial charge in [-0.2, -0.15) is 0 Å². The number of pyridine rings is 1. The summed E-state index contributed by atoms with van der Waals surface area (Å²) >= 11 is 12.5. The van der Waals surface area contributed by atoms with Crippen LogP contribution in [0, 0.1) is 25.2 Å². The van der Waals surface area contributed by atoms with E-state index >= 15 is 0 Å². The lowest BCUT2D eigenvalue weighted by atomic mass is 9.79. The molecular weight excluding hydrogens is 293 g/mol. The predicted molar refractivity (Wildman–Crippen MR) is 87.3 cm³/mol. The van der Waals surface area contributed by atoms with Gasteiger partial charge in [0.25, 0.3) is 0 Å². The van der Waals surface area contributed by atoms with Crippen LogP contribution in [0.15, 0.2) is 6.20 Å². The summed E-state index contributed by atoms with van der Waals surface area (Å²) in [5.74, 6) is 2.57. The fraction of sp³-hybridized carbons (Fsp3) is 0.688. The molecule has 0 N–H and O–H groups in total. The standard InChI is InChI=1S/C16H25Cl2NO/c1-11(2)6-16(9-17,10-18)7-14-13(4)15(20-5)12(3)8-19-14/h8,11H,6-7,9-10H2,1-5H3. The average molecular weight is 318 g/mol. The van der Waals surface area contributed by atoms with Crippen molar-refractivity contribution in [2.75, 3.05) is 18.9 Å². The molecule has 0 fully saturated rings. The average Bonchev–Trinajstić information content (AvgIpc) is 2.41. The summed E-state index contributed by atoms with van der Waals surface area (Å²) in [6, 6.07) is 0. The second-order valence-electron chi connectivity index (χ2n) is 6.09. The molecule has 20 heavy (non-hydrogen) atoms. The molecular formula is C16H25Cl2NO. The topological polar surface area (TPSA) is 22.1 Å². The summed E-state index contributed by atoms with van der Waals surface area (Å²) in [4.78, 5) is 4.58. The Bertz CT molecular complexity index is 442. The van der Waals surface area contributed by atoms with E-state index in [1.54, 1.807) is 7.11 Å². The number of hydrogen-bond donors (Lipinski definition) is 0. The number of rotatable bonds is 7. The highest BCUT2D eigenvalue weighted by Gasteiger charge is 2.31. The highest BCUT2D eigenvalue weighted by molar-refractivity contribution is 6.21. The van der Waals surface area contributed by atoms with Crippen molar-refractivity contribution < 1.29 is 4.74 Å². The predicted octanol–water partition coefficient (Wildman–Crippen LogP) is 4.76. The maximum Gasteiger partial charge on any atom is 0.128 e. The largest absolute Gasteiger partial charge is 0.496 e. The van der Waals surface area contributed by atoms with Crippen LogP contribution >= 0.6 is 23.2 Å². The molecule has 0 saturated heterocycles. The Labute approximate surface area is 132 Å². The van der Waals surface area contributed by atoms with Gasteiger partial charge in [0.15, 0.2) is 0 Å². The van der Waals surface area contributed by atoms with Crippen molar-refractivity contribution >= 4 is 23.2 Å². The number of halogens is 2. The van der Waals surface area contributed by atoms with Gasteiger partial charge < -0.3 is 4.74 Å². The SMILES string of the molecule is COc1c(C)cnc(CC(CCl)(CCl)CC(C)C)c1C. The summed E-state index contributed by atoms with van der Waals surface area (Å²) in [6.45, 7) is 8.46. The minimum atomic E-state index is -0.102. The number of methoxy groups -OCH3 is 1. The summed E-state index contributed by atoms with van der Waals surface area (Å²) in [5.41, 5.74) is 3.08. The highest BCUT2D eigenvalue weighted by Crippen LogP contribution is 2.35. The number of aryl methyl sites for hydroxylation is 1. The van der Waals surface area contributed by atoms with Crippen LogP contribution in [0.2, 0.25) is 0 Å². The molecule has 0 saturated carbocycles. The van der Waals surface area contributed by atoms with Gasteiger partial charge in [-0.15, -0.1) is 23.2 Å². The van der Waals surface area contributed by atoms with Crippen LogP contribution in [0.3, 0.4) is 0 Å². The van der Waals surface area contributed by atoms with Crippen LogP contribution in [-0.4, -0.2) is 23.9 Å². The Balaban J connectivity index is 3.12. The first kappa shape index (κ1) is 17.6. The first-order valence-electron chi connectivity index (χ1n) is 7.00. The van der Waals surface area contributed by atoms with Gasteiger partial charge in [-0.3, -0.25) is 4.98 Å². The maximum absolute atomic E-state index is 6.23. The van der Waals surface area contributed by atoms with E-state index in [1.165, 1.54) is 0 Å². The molecule has 0 aliphatic carbocycles. The summed E-state index contributed by atoms with van der Waals surface area (Å²) in [6.07, 6.45) is 3.65. The van der Waals surface area contributed by atoms with E-state index in [4.69, 9.17) is 27.9 Å². The third kappa shape index (κ3) is 4.02. The lowest BCUT2D eigenvalue weighted by Gasteiger charge is -2.32. The Morgan fingerprint density at radius 3 is 2.30 bits per heavy atom. The molecule has 0 atom stereocenters. The van der Waals surface area contributed by atoms with Gasteiger partial charge >= 0.3 is 0 Å². The molecule has 1 aromatic heterocycles. The lowest BCUT2D eigenvalue weighted by Crippen LogP contribution is -2.30. The van der Waals surface area contributed by atoms with Crippen LogP contribution in [0.1, 0.15) is 37.1 Å². The van der Waals surface area contributed by atoms with E-state index in [-0.39, 0.29) is 5.41 Å². The van der Waals surface area contributed by atoms with Crippen LogP contribution < -0.4 is 4.74 Å². The van der Waals surface area contributed by atoms with Gasteiger partial charge in [-0.25, -0.2) is 0 Å². The van der Waals surface area contributed by atoms with Crippen LogP contribution in [-0.2, 0) is 6.42 Å². The smallest absolute Gasteiger partial charge is 0.128 e. The molecule has 0 aromatic carbocycles. The first-order chi connectivity index (χ1) is 9.39. The van der Waals surface area contributed by atoms with Gasteiger partial charge in [0.05, 0.1) is 7.11 Å². The van der Waals surface area contributed by atoms with Crippen molar-refractivity contribution in [3.05, 3.63) is 23.0 Å². The van der Waals surface area contributed by atoms with Crippen LogP contribution in [0.5, 0.6) is 5.75 Å². The minimum Gasteiger partial charge on any atom is -0.496 e. The normalized spacial score (nSPS) is 12.0. The quantitative estimate of drug-likeness (QED) is 0.676. The Kier molecular flexibility index (Phi) is 6.60. The molecule has 0 aliphatic rings. The molecule has 1 heterocycles. The lowest BCUT2D eigenvalue weighted by molar-refractivity contribution is 0.291. The Hall–Kier alpha value is -0.470. The second-order valence-corrected chi connectivity index (χ2v) is 6.62. The summed E-state index contributed by atoms with van der Waals surface area (Å²) in [7, 11) is 1.70. The van der Waals surface area contributed by atoms with Gasteiger partial charge in [0.1, 0.15) is 5.75 Å². The zero-order chi connectivity index (χ0) is 15.3. The minimum absolute atomic E-state index is 0.102. The fourth-order valence-corrected chi connectivity index (χ4v) is 3.47. The third-order valence-corrected chi connectivity index (χ3v) is 4.83. The van der Waals surface area contributed by atoms with E-state index in [9.17, 15) is 0 Å². The van der Waals surface area contributed by atoms with Crippen molar-refractivity contribution in [2.45, 2.75) is 40.5 Å². The Morgan fingerprint density at radius 2 is 1.85 bits per heavy atom. The van der Waals surface area contributed by atoms with Crippen molar-refractivity contribution in [3.8, 4) is 5.75 Å².